The summed E-state index contributed by atoms with van der Waals surface area (Å²) in [4.78, 5) is 11.7. The fourth-order valence-electron chi connectivity index (χ4n) is 3.20. The van der Waals surface area contributed by atoms with Crippen LogP contribution in [-0.2, 0) is 35.6 Å². The monoisotopic (exact) mass is 286 g/mol. The Morgan fingerprint density at radius 1 is 1.38 bits per heavy atom. The van der Waals surface area contributed by atoms with E-state index in [2.05, 4.69) is 35.1 Å². The number of benzene rings is 1. The largest absolute Gasteiger partial charge is 0.469 e. The molecule has 0 spiro atoms. The first kappa shape index (κ1) is 14.1. The van der Waals surface area contributed by atoms with Gasteiger partial charge in [-0.15, -0.1) is 0 Å². The topological polar surface area (TPSA) is 43.3 Å². The van der Waals surface area contributed by atoms with Crippen LogP contribution in [0.15, 0.2) is 18.3 Å². The minimum Gasteiger partial charge on any atom is -0.469 e. The van der Waals surface area contributed by atoms with Gasteiger partial charge in [-0.05, 0) is 42.2 Å². The van der Waals surface area contributed by atoms with E-state index >= 15 is 0 Å². The van der Waals surface area contributed by atoms with Crippen molar-refractivity contribution in [1.29, 1.82) is 0 Å². The molecule has 112 valence electrons. The molecule has 0 saturated carbocycles. The molecule has 1 aromatic carbocycles. The summed E-state index contributed by atoms with van der Waals surface area (Å²) in [7, 11) is 1.45. The van der Waals surface area contributed by atoms with Crippen molar-refractivity contribution in [2.75, 3.05) is 7.11 Å². The van der Waals surface area contributed by atoms with Crippen molar-refractivity contribution >= 4 is 16.9 Å². The highest BCUT2D eigenvalue weighted by Gasteiger charge is 2.19. The maximum absolute atomic E-state index is 11.7. The molecule has 2 heterocycles. The molecular formula is C17H22N2O2. The van der Waals surface area contributed by atoms with Crippen LogP contribution >= 0.6 is 0 Å². The minimum atomic E-state index is -0.143. The highest BCUT2D eigenvalue weighted by Crippen LogP contribution is 2.29. The van der Waals surface area contributed by atoms with E-state index < -0.39 is 0 Å². The molecular weight excluding hydrogens is 264 g/mol. The third-order valence-electron chi connectivity index (χ3n) is 4.39. The second-order valence-corrected chi connectivity index (χ2v) is 5.81. The summed E-state index contributed by atoms with van der Waals surface area (Å²) in [5, 5.41) is 4.67. The normalized spacial score (nSPS) is 15.2. The predicted molar refractivity (Wildman–Crippen MR) is 83.0 cm³/mol. The van der Waals surface area contributed by atoms with Crippen LogP contribution in [0.1, 0.15) is 30.5 Å². The van der Waals surface area contributed by atoms with Crippen molar-refractivity contribution < 1.29 is 9.53 Å². The zero-order chi connectivity index (χ0) is 15.0. The number of nitrogens with one attached hydrogen (secondary N) is 1. The first-order valence-electron chi connectivity index (χ1n) is 7.56. The molecule has 0 saturated heterocycles. The van der Waals surface area contributed by atoms with Gasteiger partial charge in [0.05, 0.1) is 13.0 Å². The summed E-state index contributed by atoms with van der Waals surface area (Å²) in [6.45, 7) is 6.91. The van der Waals surface area contributed by atoms with E-state index in [1.807, 2.05) is 6.92 Å². The number of fused-ring (bicyclic) bond motifs is 2. The van der Waals surface area contributed by atoms with Gasteiger partial charge in [0.2, 0.25) is 0 Å². The number of esters is 1. The third-order valence-corrected chi connectivity index (χ3v) is 4.39. The van der Waals surface area contributed by atoms with Crippen LogP contribution < -0.4 is 5.32 Å². The second kappa shape index (κ2) is 5.53. The first-order chi connectivity index (χ1) is 10.1. The summed E-state index contributed by atoms with van der Waals surface area (Å²) in [5.74, 6) is -0.257. The van der Waals surface area contributed by atoms with Gasteiger partial charge in [0, 0.05) is 36.7 Å². The predicted octanol–water partition coefficient (Wildman–Crippen LogP) is 2.62. The number of carbonyl (C=O) groups is 1. The van der Waals surface area contributed by atoms with Gasteiger partial charge in [0.25, 0.3) is 0 Å². The number of rotatable bonds is 4. The van der Waals surface area contributed by atoms with Crippen molar-refractivity contribution in [3.63, 3.8) is 0 Å². The molecule has 0 fully saturated rings. The zero-order valence-electron chi connectivity index (χ0n) is 12.9. The highest BCUT2D eigenvalue weighted by atomic mass is 16.5. The Kier molecular flexibility index (Phi) is 3.72. The quantitative estimate of drug-likeness (QED) is 0.879. The van der Waals surface area contributed by atoms with Gasteiger partial charge in [0.15, 0.2) is 0 Å². The second-order valence-electron chi connectivity index (χ2n) is 5.81. The van der Waals surface area contributed by atoms with Crippen LogP contribution in [0.5, 0.6) is 0 Å². The third kappa shape index (κ3) is 2.44. The van der Waals surface area contributed by atoms with E-state index in [1.165, 1.54) is 34.7 Å². The molecule has 0 aliphatic carbocycles. The molecule has 1 aliphatic rings. The van der Waals surface area contributed by atoms with Gasteiger partial charge in [-0.25, -0.2) is 0 Å². The number of carbonyl (C=O) groups excluding carboxylic acids is 1. The first-order valence-corrected chi connectivity index (χ1v) is 7.56. The van der Waals surface area contributed by atoms with Crippen LogP contribution in [-0.4, -0.2) is 17.6 Å². The van der Waals surface area contributed by atoms with Gasteiger partial charge in [-0.2, -0.15) is 0 Å². The van der Waals surface area contributed by atoms with Crippen LogP contribution in [0.3, 0.4) is 0 Å². The lowest BCUT2D eigenvalue weighted by Gasteiger charge is -2.08. The summed E-state index contributed by atoms with van der Waals surface area (Å²) < 4.78 is 7.12. The van der Waals surface area contributed by atoms with Crippen LogP contribution in [0, 0.1) is 5.92 Å². The Morgan fingerprint density at radius 2 is 2.10 bits per heavy atom. The summed E-state index contributed by atoms with van der Waals surface area (Å²) in [6.07, 6.45) is 2.91. The fraction of sp³-hybridized carbons (Fsp3) is 0.471. The Balaban J connectivity index is 2.04. The number of aromatic nitrogens is 1. The SMILES string of the molecule is CCn1cc(CC(C)C(=O)OC)c2cc3c(cc21)CNC3. The van der Waals surface area contributed by atoms with Crippen molar-refractivity contribution in [2.45, 2.75) is 39.9 Å². The Bertz CT molecular complexity index is 688. The van der Waals surface area contributed by atoms with E-state index in [1.54, 1.807) is 0 Å². The fourth-order valence-corrected chi connectivity index (χ4v) is 3.20. The van der Waals surface area contributed by atoms with Gasteiger partial charge < -0.3 is 14.6 Å². The van der Waals surface area contributed by atoms with Crippen LogP contribution in [0.2, 0.25) is 0 Å². The molecule has 1 aromatic heterocycles. The molecule has 1 aliphatic heterocycles. The molecule has 1 N–H and O–H groups in total. The van der Waals surface area contributed by atoms with Crippen molar-refractivity contribution in [1.82, 2.24) is 9.88 Å². The number of hydrogen-bond donors (Lipinski definition) is 1. The van der Waals surface area contributed by atoms with E-state index in [9.17, 15) is 4.79 Å². The lowest BCUT2D eigenvalue weighted by atomic mass is 9.99. The van der Waals surface area contributed by atoms with Gasteiger partial charge in [-0.1, -0.05) is 6.92 Å². The standard InChI is InChI=1S/C17H22N2O2/c1-4-19-10-14(5-11(2)17(20)21-3)15-6-12-8-18-9-13(12)7-16(15)19/h6-7,10-11,18H,4-5,8-9H2,1-3H3. The Hall–Kier alpha value is -1.81. The molecule has 3 rings (SSSR count). The van der Waals surface area contributed by atoms with Gasteiger partial charge >= 0.3 is 5.97 Å². The summed E-state index contributed by atoms with van der Waals surface area (Å²) in [5.41, 5.74) is 5.28. The summed E-state index contributed by atoms with van der Waals surface area (Å²) >= 11 is 0. The number of methoxy groups -OCH3 is 1. The molecule has 21 heavy (non-hydrogen) atoms. The van der Waals surface area contributed by atoms with E-state index in [4.69, 9.17) is 4.74 Å². The molecule has 2 aromatic rings. The Labute approximate surface area is 125 Å². The molecule has 0 radical (unpaired) electrons. The average molecular weight is 286 g/mol. The molecule has 1 unspecified atom stereocenters. The maximum Gasteiger partial charge on any atom is 0.308 e. The number of hydrogen-bond acceptors (Lipinski definition) is 3. The van der Waals surface area contributed by atoms with Crippen molar-refractivity contribution in [3.8, 4) is 0 Å². The highest BCUT2D eigenvalue weighted by molar-refractivity contribution is 5.86. The molecule has 4 heteroatoms. The van der Waals surface area contributed by atoms with E-state index in [0.29, 0.717) is 0 Å². The van der Waals surface area contributed by atoms with Crippen molar-refractivity contribution in [2.24, 2.45) is 5.92 Å². The van der Waals surface area contributed by atoms with Crippen LogP contribution in [0.25, 0.3) is 10.9 Å². The number of ether oxygens (including phenoxy) is 1. The molecule has 0 amide bonds. The van der Waals surface area contributed by atoms with Crippen LogP contribution in [0.4, 0.5) is 0 Å². The van der Waals surface area contributed by atoms with Gasteiger partial charge in [0.1, 0.15) is 0 Å². The lowest BCUT2D eigenvalue weighted by Crippen LogP contribution is -2.14. The maximum atomic E-state index is 11.7. The average Bonchev–Trinajstić information content (AvgIpc) is 3.08. The minimum absolute atomic E-state index is 0.114. The number of nitrogens with zero attached hydrogens (tertiary/aromatic N) is 1. The zero-order valence-corrected chi connectivity index (χ0v) is 12.9. The summed E-state index contributed by atoms with van der Waals surface area (Å²) in [6, 6.07) is 4.58. The van der Waals surface area contributed by atoms with Crippen molar-refractivity contribution in [3.05, 3.63) is 35.0 Å². The van der Waals surface area contributed by atoms with E-state index in [-0.39, 0.29) is 11.9 Å². The molecule has 4 nitrogen and oxygen atoms in total. The van der Waals surface area contributed by atoms with E-state index in [0.717, 1.165) is 26.1 Å². The molecule has 1 atom stereocenters. The lowest BCUT2D eigenvalue weighted by molar-refractivity contribution is -0.144. The molecule has 0 bridgehead atoms. The smallest absolute Gasteiger partial charge is 0.308 e. The Morgan fingerprint density at radius 3 is 2.76 bits per heavy atom. The number of aryl methyl sites for hydroxylation is 1. The van der Waals surface area contributed by atoms with Gasteiger partial charge in [-0.3, -0.25) is 4.79 Å².